The summed E-state index contributed by atoms with van der Waals surface area (Å²) in [5, 5.41) is 9.62. The molecule has 4 nitrogen and oxygen atoms in total. The Kier molecular flexibility index (Phi) is 6.20. The third kappa shape index (κ3) is 5.54. The molecule has 0 saturated carbocycles. The van der Waals surface area contributed by atoms with Crippen LogP contribution in [0.25, 0.3) is 0 Å². The monoisotopic (exact) mass is 216 g/mol. The summed E-state index contributed by atoms with van der Waals surface area (Å²) >= 11 is 0. The van der Waals surface area contributed by atoms with Crippen molar-refractivity contribution < 1.29 is 19.4 Å². The Balaban J connectivity index is 3.68. The summed E-state index contributed by atoms with van der Waals surface area (Å²) in [5.41, 5.74) is -0.289. The van der Waals surface area contributed by atoms with Crippen molar-refractivity contribution in [3.8, 4) is 0 Å². The van der Waals surface area contributed by atoms with Crippen LogP contribution in [-0.2, 0) is 14.3 Å². The van der Waals surface area contributed by atoms with Gasteiger partial charge in [0, 0.05) is 11.5 Å². The van der Waals surface area contributed by atoms with Crippen LogP contribution in [0.5, 0.6) is 0 Å². The van der Waals surface area contributed by atoms with Crippen molar-refractivity contribution in [2.75, 3.05) is 13.2 Å². The summed E-state index contributed by atoms with van der Waals surface area (Å²) in [6.45, 7) is 9.37. The fraction of sp³-hybridized carbons (Fsp3) is 0.727. The SMILES string of the molecule is C=CC(=O)OCCOC(O)C(C)(C)CC. The smallest absolute Gasteiger partial charge is 0.330 e. The van der Waals surface area contributed by atoms with Gasteiger partial charge in [-0.25, -0.2) is 4.79 Å². The number of hydrogen-bond donors (Lipinski definition) is 1. The number of carbonyl (C=O) groups is 1. The topological polar surface area (TPSA) is 55.8 Å². The molecule has 15 heavy (non-hydrogen) atoms. The number of aliphatic hydroxyl groups excluding tert-OH is 1. The van der Waals surface area contributed by atoms with Gasteiger partial charge in [0.05, 0.1) is 6.61 Å². The summed E-state index contributed by atoms with van der Waals surface area (Å²) < 4.78 is 9.83. The lowest BCUT2D eigenvalue weighted by atomic mass is 9.90. The van der Waals surface area contributed by atoms with Crippen LogP contribution < -0.4 is 0 Å². The van der Waals surface area contributed by atoms with Gasteiger partial charge >= 0.3 is 5.97 Å². The fourth-order valence-corrected chi connectivity index (χ4v) is 0.761. The van der Waals surface area contributed by atoms with E-state index in [0.717, 1.165) is 12.5 Å². The van der Waals surface area contributed by atoms with E-state index in [1.807, 2.05) is 20.8 Å². The lowest BCUT2D eigenvalue weighted by Gasteiger charge is -2.28. The van der Waals surface area contributed by atoms with Crippen molar-refractivity contribution in [2.45, 2.75) is 33.5 Å². The Hall–Kier alpha value is -0.870. The molecule has 0 aliphatic rings. The van der Waals surface area contributed by atoms with E-state index in [9.17, 15) is 9.90 Å². The van der Waals surface area contributed by atoms with Gasteiger partial charge in [-0.3, -0.25) is 0 Å². The van der Waals surface area contributed by atoms with Crippen LogP contribution in [-0.4, -0.2) is 30.6 Å². The third-order valence-corrected chi connectivity index (χ3v) is 2.35. The second kappa shape index (κ2) is 6.58. The molecule has 4 heteroatoms. The van der Waals surface area contributed by atoms with Gasteiger partial charge in [0.25, 0.3) is 0 Å². The fourth-order valence-electron chi connectivity index (χ4n) is 0.761. The molecule has 0 rings (SSSR count). The second-order valence-corrected chi connectivity index (χ2v) is 3.94. The predicted molar refractivity (Wildman–Crippen MR) is 57.2 cm³/mol. The maximum absolute atomic E-state index is 10.7. The van der Waals surface area contributed by atoms with Crippen LogP contribution >= 0.6 is 0 Å². The van der Waals surface area contributed by atoms with Crippen molar-refractivity contribution in [3.05, 3.63) is 12.7 Å². The summed E-state index contributed by atoms with van der Waals surface area (Å²) in [6.07, 6.45) is 1.05. The predicted octanol–water partition coefficient (Wildman–Crippen LogP) is 1.49. The molecule has 0 saturated heterocycles. The minimum atomic E-state index is -0.843. The van der Waals surface area contributed by atoms with Gasteiger partial charge in [-0.2, -0.15) is 0 Å². The molecule has 0 aliphatic carbocycles. The molecule has 0 fully saturated rings. The van der Waals surface area contributed by atoms with E-state index in [2.05, 4.69) is 6.58 Å². The summed E-state index contributed by atoms with van der Waals surface area (Å²) in [6, 6.07) is 0. The van der Waals surface area contributed by atoms with Gasteiger partial charge in [0.1, 0.15) is 6.61 Å². The van der Waals surface area contributed by atoms with Gasteiger partial charge in [-0.1, -0.05) is 27.4 Å². The van der Waals surface area contributed by atoms with Crippen LogP contribution in [0.2, 0.25) is 0 Å². The van der Waals surface area contributed by atoms with Gasteiger partial charge < -0.3 is 14.6 Å². The minimum absolute atomic E-state index is 0.127. The Labute approximate surface area is 90.9 Å². The molecule has 1 unspecified atom stereocenters. The maximum atomic E-state index is 10.7. The van der Waals surface area contributed by atoms with Crippen molar-refractivity contribution in [1.29, 1.82) is 0 Å². The van der Waals surface area contributed by atoms with Crippen molar-refractivity contribution >= 4 is 5.97 Å². The van der Waals surface area contributed by atoms with Gasteiger partial charge in [0.15, 0.2) is 6.29 Å². The Morgan fingerprint density at radius 1 is 1.53 bits per heavy atom. The summed E-state index contributed by atoms with van der Waals surface area (Å²) in [7, 11) is 0. The number of rotatable bonds is 7. The highest BCUT2D eigenvalue weighted by molar-refractivity contribution is 5.81. The second-order valence-electron chi connectivity index (χ2n) is 3.94. The Bertz CT molecular complexity index is 211. The highest BCUT2D eigenvalue weighted by atomic mass is 16.6. The molecule has 0 aliphatic heterocycles. The van der Waals surface area contributed by atoms with E-state index in [4.69, 9.17) is 9.47 Å². The molecule has 0 heterocycles. The number of ether oxygens (including phenoxy) is 2. The molecule has 0 aromatic carbocycles. The molecule has 0 aromatic rings. The number of carbonyl (C=O) groups excluding carboxylic acids is 1. The largest absolute Gasteiger partial charge is 0.460 e. The quantitative estimate of drug-likeness (QED) is 0.303. The van der Waals surface area contributed by atoms with Crippen LogP contribution in [0.1, 0.15) is 27.2 Å². The first-order valence-corrected chi connectivity index (χ1v) is 5.03. The van der Waals surface area contributed by atoms with Crippen LogP contribution in [0, 0.1) is 5.41 Å². The highest BCUT2D eigenvalue weighted by Gasteiger charge is 2.26. The van der Waals surface area contributed by atoms with Crippen molar-refractivity contribution in [3.63, 3.8) is 0 Å². The van der Waals surface area contributed by atoms with E-state index < -0.39 is 12.3 Å². The minimum Gasteiger partial charge on any atom is -0.460 e. The summed E-state index contributed by atoms with van der Waals surface area (Å²) in [4.78, 5) is 10.7. The molecule has 0 amide bonds. The average molecular weight is 216 g/mol. The van der Waals surface area contributed by atoms with Gasteiger partial charge in [0.2, 0.25) is 0 Å². The zero-order chi connectivity index (χ0) is 11.9. The van der Waals surface area contributed by atoms with Crippen LogP contribution in [0.3, 0.4) is 0 Å². The normalized spacial score (nSPS) is 13.3. The molecule has 1 atom stereocenters. The first-order chi connectivity index (χ1) is 6.94. The molecule has 0 radical (unpaired) electrons. The first kappa shape index (κ1) is 14.1. The number of aliphatic hydroxyl groups is 1. The molecule has 0 aromatic heterocycles. The highest BCUT2D eigenvalue weighted by Crippen LogP contribution is 2.25. The summed E-state index contributed by atoms with van der Waals surface area (Å²) in [5.74, 6) is -0.483. The van der Waals surface area contributed by atoms with Gasteiger partial charge in [-0.15, -0.1) is 0 Å². The van der Waals surface area contributed by atoms with E-state index in [1.165, 1.54) is 0 Å². The first-order valence-electron chi connectivity index (χ1n) is 5.03. The van der Waals surface area contributed by atoms with Crippen molar-refractivity contribution in [2.24, 2.45) is 5.41 Å². The lowest BCUT2D eigenvalue weighted by molar-refractivity contribution is -0.175. The zero-order valence-corrected chi connectivity index (χ0v) is 9.66. The molecule has 88 valence electrons. The molecule has 0 bridgehead atoms. The van der Waals surface area contributed by atoms with E-state index >= 15 is 0 Å². The Morgan fingerprint density at radius 2 is 2.13 bits per heavy atom. The van der Waals surface area contributed by atoms with E-state index in [-0.39, 0.29) is 18.6 Å². The lowest BCUT2D eigenvalue weighted by Crippen LogP contribution is -2.32. The molecule has 0 spiro atoms. The van der Waals surface area contributed by atoms with Crippen LogP contribution in [0.4, 0.5) is 0 Å². The van der Waals surface area contributed by atoms with Gasteiger partial charge in [-0.05, 0) is 6.42 Å². The molecular formula is C11H20O4. The zero-order valence-electron chi connectivity index (χ0n) is 9.66. The van der Waals surface area contributed by atoms with Crippen molar-refractivity contribution in [1.82, 2.24) is 0 Å². The molecular weight excluding hydrogens is 196 g/mol. The maximum Gasteiger partial charge on any atom is 0.330 e. The third-order valence-electron chi connectivity index (χ3n) is 2.35. The molecule has 1 N–H and O–H groups in total. The average Bonchev–Trinajstić information content (AvgIpc) is 2.23. The van der Waals surface area contributed by atoms with E-state index in [1.54, 1.807) is 0 Å². The van der Waals surface area contributed by atoms with Crippen LogP contribution in [0.15, 0.2) is 12.7 Å². The van der Waals surface area contributed by atoms with E-state index in [0.29, 0.717) is 0 Å². The Morgan fingerprint density at radius 3 is 2.60 bits per heavy atom. The number of hydrogen-bond acceptors (Lipinski definition) is 4. The standard InChI is InChI=1S/C11H20O4/c1-5-9(12)14-7-8-15-10(13)11(3,4)6-2/h5,10,13H,1,6-8H2,2-4H3. The number of esters is 1.